The highest BCUT2D eigenvalue weighted by Gasteiger charge is 2.11. The summed E-state index contributed by atoms with van der Waals surface area (Å²) in [4.78, 5) is 24.0. The molecule has 0 saturated carbocycles. The summed E-state index contributed by atoms with van der Waals surface area (Å²) in [5, 5.41) is 14.7. The number of aromatic nitrogens is 2. The Morgan fingerprint density at radius 3 is 2.50 bits per heavy atom. The number of ketones is 1. The second-order valence-electron chi connectivity index (χ2n) is 6.44. The number of hydrogen-bond acceptors (Lipinski definition) is 7. The third-order valence-electron chi connectivity index (χ3n) is 4.06. The third-order valence-corrected chi connectivity index (χ3v) is 6.07. The summed E-state index contributed by atoms with van der Waals surface area (Å²) in [7, 11) is 0. The van der Waals surface area contributed by atoms with E-state index in [4.69, 9.17) is 0 Å². The van der Waals surface area contributed by atoms with Gasteiger partial charge in [-0.3, -0.25) is 9.59 Å². The first-order valence-corrected chi connectivity index (χ1v) is 11.2. The molecule has 0 saturated heterocycles. The van der Waals surface area contributed by atoms with Crippen LogP contribution < -0.4 is 10.6 Å². The van der Waals surface area contributed by atoms with Gasteiger partial charge >= 0.3 is 0 Å². The van der Waals surface area contributed by atoms with Crippen molar-refractivity contribution >= 4 is 45.6 Å². The van der Waals surface area contributed by atoms with Gasteiger partial charge in [-0.25, -0.2) is 4.39 Å². The molecule has 9 heteroatoms. The number of amides is 1. The Balaban J connectivity index is 1.46. The minimum Gasteiger partial charge on any atom is -0.356 e. The third kappa shape index (κ3) is 6.64. The maximum atomic E-state index is 12.9. The molecule has 2 aromatic carbocycles. The van der Waals surface area contributed by atoms with E-state index < -0.39 is 0 Å². The molecule has 3 rings (SSSR count). The van der Waals surface area contributed by atoms with Crippen LogP contribution in [0.4, 0.5) is 15.2 Å². The van der Waals surface area contributed by atoms with E-state index in [2.05, 4.69) is 20.8 Å². The molecule has 0 bridgehead atoms. The maximum Gasteiger partial charge on any atom is 0.224 e. The first-order chi connectivity index (χ1) is 14.5. The van der Waals surface area contributed by atoms with Crippen molar-refractivity contribution in [1.82, 2.24) is 10.2 Å². The lowest BCUT2D eigenvalue weighted by Crippen LogP contribution is -2.10. The molecule has 2 N–H and O–H groups in total. The predicted molar refractivity (Wildman–Crippen MR) is 119 cm³/mol. The number of carbonyl (C=O) groups excluding carboxylic acids is 2. The number of rotatable bonds is 10. The number of thioether (sulfide) groups is 1. The van der Waals surface area contributed by atoms with Crippen LogP contribution in [-0.4, -0.2) is 27.6 Å². The van der Waals surface area contributed by atoms with Gasteiger partial charge in [0.2, 0.25) is 11.0 Å². The van der Waals surface area contributed by atoms with Crippen LogP contribution in [0.25, 0.3) is 0 Å². The van der Waals surface area contributed by atoms with Crippen LogP contribution in [0.15, 0.2) is 52.9 Å². The standard InChI is InChI=1S/C21H21FN4O2S2/c1-2-3-19(28)24-17-10-6-15(7-11-17)18(27)13-29-21-26-25-20(30-21)23-12-14-4-8-16(22)9-5-14/h4-11H,2-3,12-13H2,1H3,(H,23,25)(H,24,28). The number of carbonyl (C=O) groups is 2. The van der Waals surface area contributed by atoms with Gasteiger partial charge in [-0.05, 0) is 48.4 Å². The van der Waals surface area contributed by atoms with Crippen molar-refractivity contribution in [3.05, 3.63) is 65.5 Å². The fraction of sp³-hybridized carbons (Fsp3) is 0.238. The first-order valence-electron chi connectivity index (χ1n) is 9.41. The number of anilines is 2. The van der Waals surface area contributed by atoms with Gasteiger partial charge < -0.3 is 10.6 Å². The van der Waals surface area contributed by atoms with E-state index in [1.54, 1.807) is 36.4 Å². The van der Waals surface area contributed by atoms with Crippen molar-refractivity contribution in [3.8, 4) is 0 Å². The van der Waals surface area contributed by atoms with E-state index in [1.165, 1.54) is 35.2 Å². The Kier molecular flexibility index (Phi) is 7.92. The second kappa shape index (κ2) is 10.8. The van der Waals surface area contributed by atoms with Gasteiger partial charge in [-0.2, -0.15) is 0 Å². The van der Waals surface area contributed by atoms with E-state index in [-0.39, 0.29) is 23.3 Å². The molecular formula is C21H21FN4O2S2. The average Bonchev–Trinajstić information content (AvgIpc) is 3.20. The molecule has 30 heavy (non-hydrogen) atoms. The molecule has 3 aromatic rings. The highest BCUT2D eigenvalue weighted by atomic mass is 32.2. The zero-order valence-electron chi connectivity index (χ0n) is 16.4. The maximum absolute atomic E-state index is 12.9. The molecule has 0 aliphatic heterocycles. The Morgan fingerprint density at radius 1 is 1.07 bits per heavy atom. The Morgan fingerprint density at radius 2 is 1.80 bits per heavy atom. The Labute approximate surface area is 182 Å². The second-order valence-corrected chi connectivity index (χ2v) is 8.64. The van der Waals surface area contributed by atoms with Crippen molar-refractivity contribution in [2.75, 3.05) is 16.4 Å². The Hall–Kier alpha value is -2.78. The summed E-state index contributed by atoms with van der Waals surface area (Å²) >= 11 is 2.69. The first kappa shape index (κ1) is 21.9. The number of benzene rings is 2. The molecule has 1 amide bonds. The van der Waals surface area contributed by atoms with E-state index in [1.807, 2.05) is 6.92 Å². The lowest BCUT2D eigenvalue weighted by atomic mass is 10.1. The van der Waals surface area contributed by atoms with Gasteiger partial charge in [-0.15, -0.1) is 10.2 Å². The summed E-state index contributed by atoms with van der Waals surface area (Å²) in [6, 6.07) is 13.1. The van der Waals surface area contributed by atoms with Crippen LogP contribution in [0.2, 0.25) is 0 Å². The summed E-state index contributed by atoms with van der Waals surface area (Å²) in [6.45, 7) is 2.46. The largest absolute Gasteiger partial charge is 0.356 e. The highest BCUT2D eigenvalue weighted by molar-refractivity contribution is 8.01. The van der Waals surface area contributed by atoms with Crippen LogP contribution in [-0.2, 0) is 11.3 Å². The van der Waals surface area contributed by atoms with Gasteiger partial charge in [0.05, 0.1) is 5.75 Å². The molecule has 1 aromatic heterocycles. The minimum atomic E-state index is -0.270. The average molecular weight is 445 g/mol. The van der Waals surface area contributed by atoms with E-state index in [0.717, 1.165) is 12.0 Å². The van der Waals surface area contributed by atoms with Crippen molar-refractivity contribution in [2.45, 2.75) is 30.6 Å². The number of nitrogens with one attached hydrogen (secondary N) is 2. The molecule has 1 heterocycles. The zero-order chi connectivity index (χ0) is 21.3. The van der Waals surface area contributed by atoms with E-state index in [0.29, 0.717) is 33.7 Å². The molecule has 0 spiro atoms. The normalized spacial score (nSPS) is 10.6. The monoisotopic (exact) mass is 444 g/mol. The summed E-state index contributed by atoms with van der Waals surface area (Å²) in [6.07, 6.45) is 1.26. The molecule has 0 atom stereocenters. The van der Waals surface area contributed by atoms with Gasteiger partial charge in [0.25, 0.3) is 0 Å². The molecular weight excluding hydrogens is 423 g/mol. The molecule has 156 valence electrons. The number of hydrogen-bond donors (Lipinski definition) is 2. The summed E-state index contributed by atoms with van der Waals surface area (Å²) in [5.74, 6) is -0.0858. The zero-order valence-corrected chi connectivity index (χ0v) is 18.0. The van der Waals surface area contributed by atoms with Crippen LogP contribution in [0.3, 0.4) is 0 Å². The predicted octanol–water partition coefficient (Wildman–Crippen LogP) is 5.00. The minimum absolute atomic E-state index is 0.0255. The van der Waals surface area contributed by atoms with Crippen molar-refractivity contribution in [3.63, 3.8) is 0 Å². The lowest BCUT2D eigenvalue weighted by Gasteiger charge is -2.05. The molecule has 0 radical (unpaired) electrons. The molecule has 0 aliphatic rings. The van der Waals surface area contributed by atoms with Crippen molar-refractivity contribution < 1.29 is 14.0 Å². The molecule has 6 nitrogen and oxygen atoms in total. The highest BCUT2D eigenvalue weighted by Crippen LogP contribution is 2.26. The van der Waals surface area contributed by atoms with E-state index in [9.17, 15) is 14.0 Å². The summed E-state index contributed by atoms with van der Waals surface area (Å²) < 4.78 is 13.6. The van der Waals surface area contributed by atoms with Crippen LogP contribution in [0, 0.1) is 5.82 Å². The Bertz CT molecular complexity index is 991. The fourth-order valence-corrected chi connectivity index (χ4v) is 4.16. The molecule has 0 fully saturated rings. The van der Waals surface area contributed by atoms with Gasteiger partial charge in [0.15, 0.2) is 10.1 Å². The van der Waals surface area contributed by atoms with Crippen molar-refractivity contribution in [1.29, 1.82) is 0 Å². The van der Waals surface area contributed by atoms with Gasteiger partial charge in [0.1, 0.15) is 5.82 Å². The molecule has 0 aliphatic carbocycles. The topological polar surface area (TPSA) is 84.0 Å². The smallest absolute Gasteiger partial charge is 0.224 e. The lowest BCUT2D eigenvalue weighted by molar-refractivity contribution is -0.116. The van der Waals surface area contributed by atoms with E-state index >= 15 is 0 Å². The van der Waals surface area contributed by atoms with Crippen molar-refractivity contribution in [2.24, 2.45) is 0 Å². The van der Waals surface area contributed by atoms with Crippen LogP contribution >= 0.6 is 23.1 Å². The fourth-order valence-electron chi connectivity index (χ4n) is 2.52. The molecule has 0 unspecified atom stereocenters. The SMILES string of the molecule is CCCC(=O)Nc1ccc(C(=O)CSc2nnc(NCc3ccc(F)cc3)s2)cc1. The van der Waals surface area contributed by atoms with Crippen LogP contribution in [0.1, 0.15) is 35.7 Å². The summed E-state index contributed by atoms with van der Waals surface area (Å²) in [5.41, 5.74) is 2.19. The van der Waals surface area contributed by atoms with Gasteiger partial charge in [-0.1, -0.05) is 42.2 Å². The number of Topliss-reactive ketones (excluding diaryl/α,β-unsaturated/α-hetero) is 1. The number of halogens is 1. The van der Waals surface area contributed by atoms with Crippen LogP contribution in [0.5, 0.6) is 0 Å². The van der Waals surface area contributed by atoms with Gasteiger partial charge in [0, 0.05) is 24.2 Å². The quantitative estimate of drug-likeness (QED) is 0.338. The number of nitrogens with zero attached hydrogens (tertiary/aromatic N) is 2.